The van der Waals surface area contributed by atoms with Gasteiger partial charge in [-0.1, -0.05) is 25.1 Å². The molecule has 0 bridgehead atoms. The summed E-state index contributed by atoms with van der Waals surface area (Å²) in [4.78, 5) is 22.5. The summed E-state index contributed by atoms with van der Waals surface area (Å²) in [5.74, 6) is -0.873. The van der Waals surface area contributed by atoms with E-state index in [1.807, 2.05) is 20.8 Å². The van der Waals surface area contributed by atoms with Crippen LogP contribution < -0.4 is 5.69 Å². The molecule has 1 atom stereocenters. The summed E-state index contributed by atoms with van der Waals surface area (Å²) in [5, 5.41) is 15.1. The lowest BCUT2D eigenvalue weighted by Crippen LogP contribution is -2.21. The predicted molar refractivity (Wildman–Crippen MR) is 65.4 cm³/mol. The summed E-state index contributed by atoms with van der Waals surface area (Å²) in [7, 11) is 0. The summed E-state index contributed by atoms with van der Waals surface area (Å²) in [5.41, 5.74) is -0.303. The first-order valence-corrected chi connectivity index (χ1v) is 6.41. The van der Waals surface area contributed by atoms with Crippen LogP contribution in [0.15, 0.2) is 9.95 Å². The van der Waals surface area contributed by atoms with Gasteiger partial charge >= 0.3 is 11.7 Å². The number of H-pyrrole nitrogens is 1. The van der Waals surface area contributed by atoms with Gasteiger partial charge in [-0.3, -0.25) is 9.36 Å². The number of hydrogen-bond acceptors (Lipinski definition) is 4. The van der Waals surface area contributed by atoms with Crippen LogP contribution in [0.1, 0.15) is 39.7 Å². The van der Waals surface area contributed by atoms with Gasteiger partial charge in [-0.05, 0) is 20.3 Å². The fraction of sp³-hybridized carbons (Fsp3) is 0.700. The Hall–Kier alpha value is -1.24. The molecule has 0 radical (unpaired) electrons. The van der Waals surface area contributed by atoms with Gasteiger partial charge in [-0.25, -0.2) is 9.89 Å². The highest BCUT2D eigenvalue weighted by atomic mass is 32.2. The second kappa shape index (κ2) is 5.90. The van der Waals surface area contributed by atoms with E-state index >= 15 is 0 Å². The van der Waals surface area contributed by atoms with Crippen LogP contribution in [-0.4, -0.2) is 31.1 Å². The molecule has 17 heavy (non-hydrogen) atoms. The Labute approximate surface area is 103 Å². The number of carboxylic acid groups (broad SMARTS) is 1. The van der Waals surface area contributed by atoms with Crippen molar-refractivity contribution >= 4 is 17.7 Å². The van der Waals surface area contributed by atoms with Gasteiger partial charge in [0, 0.05) is 6.04 Å². The van der Waals surface area contributed by atoms with Crippen molar-refractivity contribution < 1.29 is 9.90 Å². The second-order valence-corrected chi connectivity index (χ2v) is 5.18. The Bertz CT molecular complexity index is 438. The normalized spacial score (nSPS) is 12.9. The number of hydrogen-bond donors (Lipinski definition) is 2. The van der Waals surface area contributed by atoms with Crippen LogP contribution in [0.5, 0.6) is 0 Å². The molecule has 0 amide bonds. The summed E-state index contributed by atoms with van der Waals surface area (Å²) < 4.78 is 1.47. The number of carboxylic acids is 1. The molecule has 0 aliphatic carbocycles. The highest BCUT2D eigenvalue weighted by Gasteiger charge is 2.22. The lowest BCUT2D eigenvalue weighted by Gasteiger charge is -2.12. The molecule has 6 nitrogen and oxygen atoms in total. The summed E-state index contributed by atoms with van der Waals surface area (Å²) in [6.45, 7) is 5.64. The number of nitrogens with one attached hydrogen (secondary N) is 1. The van der Waals surface area contributed by atoms with Crippen molar-refractivity contribution in [3.63, 3.8) is 0 Å². The lowest BCUT2D eigenvalue weighted by atomic mass is 10.2. The first kappa shape index (κ1) is 13.8. The van der Waals surface area contributed by atoms with E-state index in [0.29, 0.717) is 11.6 Å². The molecule has 7 heteroatoms. The van der Waals surface area contributed by atoms with E-state index in [-0.39, 0.29) is 11.7 Å². The van der Waals surface area contributed by atoms with Crippen molar-refractivity contribution in [2.24, 2.45) is 0 Å². The van der Waals surface area contributed by atoms with Gasteiger partial charge in [0.25, 0.3) is 0 Å². The van der Waals surface area contributed by atoms with Crippen molar-refractivity contribution in [2.75, 3.05) is 0 Å². The number of carbonyl (C=O) groups is 1. The molecule has 1 heterocycles. The maximum atomic E-state index is 11.5. The second-order valence-electron chi connectivity index (χ2n) is 4.01. The van der Waals surface area contributed by atoms with Gasteiger partial charge < -0.3 is 5.11 Å². The molecule has 96 valence electrons. The minimum absolute atomic E-state index is 0.0418. The highest BCUT2D eigenvalue weighted by molar-refractivity contribution is 8.00. The van der Waals surface area contributed by atoms with Crippen molar-refractivity contribution in [3.8, 4) is 0 Å². The van der Waals surface area contributed by atoms with E-state index in [1.165, 1.54) is 4.57 Å². The fourth-order valence-corrected chi connectivity index (χ4v) is 2.67. The third-order valence-electron chi connectivity index (χ3n) is 2.26. The number of nitrogens with zero attached hydrogens (tertiary/aromatic N) is 2. The largest absolute Gasteiger partial charge is 0.480 e. The minimum atomic E-state index is -0.873. The van der Waals surface area contributed by atoms with Crippen LogP contribution in [0.25, 0.3) is 0 Å². The van der Waals surface area contributed by atoms with Gasteiger partial charge in [-0.15, -0.1) is 5.10 Å². The lowest BCUT2D eigenvalue weighted by molar-refractivity contribution is -0.136. The summed E-state index contributed by atoms with van der Waals surface area (Å²) >= 11 is 1.12. The molecule has 0 aromatic carbocycles. The number of rotatable bonds is 6. The Morgan fingerprint density at radius 3 is 2.71 bits per heavy atom. The maximum absolute atomic E-state index is 11.5. The summed E-state index contributed by atoms with van der Waals surface area (Å²) in [6, 6.07) is -0.0418. The number of aromatic amines is 1. The molecule has 0 saturated heterocycles. The molecule has 1 aromatic heterocycles. The van der Waals surface area contributed by atoms with E-state index in [1.54, 1.807) is 0 Å². The minimum Gasteiger partial charge on any atom is -0.480 e. The Kier molecular flexibility index (Phi) is 4.80. The predicted octanol–water partition coefficient (Wildman–Crippen LogP) is 1.50. The molecule has 1 unspecified atom stereocenters. The van der Waals surface area contributed by atoms with Crippen molar-refractivity contribution in [1.82, 2.24) is 14.8 Å². The van der Waals surface area contributed by atoms with Crippen LogP contribution in [0.4, 0.5) is 0 Å². The Morgan fingerprint density at radius 1 is 1.59 bits per heavy atom. The Balaban J connectivity index is 2.93. The first-order chi connectivity index (χ1) is 7.97. The van der Waals surface area contributed by atoms with E-state index in [2.05, 4.69) is 10.2 Å². The zero-order valence-corrected chi connectivity index (χ0v) is 11.0. The van der Waals surface area contributed by atoms with Crippen LogP contribution in [0.3, 0.4) is 0 Å². The molecule has 0 aliphatic rings. The van der Waals surface area contributed by atoms with E-state index < -0.39 is 11.2 Å². The molecule has 1 rings (SSSR count). The average molecular weight is 259 g/mol. The number of thioether (sulfide) groups is 1. The third-order valence-corrected chi connectivity index (χ3v) is 3.48. The smallest absolute Gasteiger partial charge is 0.344 e. The Morgan fingerprint density at radius 2 is 2.24 bits per heavy atom. The zero-order valence-electron chi connectivity index (χ0n) is 10.1. The molecular formula is C10H17N3O3S. The van der Waals surface area contributed by atoms with Crippen LogP contribution in [0.2, 0.25) is 0 Å². The van der Waals surface area contributed by atoms with Crippen LogP contribution in [-0.2, 0) is 4.79 Å². The van der Waals surface area contributed by atoms with Crippen molar-refractivity contribution in [3.05, 3.63) is 10.5 Å². The highest BCUT2D eigenvalue weighted by Crippen LogP contribution is 2.25. The molecule has 2 N–H and O–H groups in total. The summed E-state index contributed by atoms with van der Waals surface area (Å²) in [6.07, 6.45) is 1.33. The van der Waals surface area contributed by atoms with Gasteiger partial charge in [0.2, 0.25) is 0 Å². The first-order valence-electron chi connectivity index (χ1n) is 5.53. The number of aromatic nitrogens is 3. The number of aliphatic carboxylic acids is 1. The van der Waals surface area contributed by atoms with Crippen LogP contribution >= 0.6 is 11.8 Å². The van der Waals surface area contributed by atoms with E-state index in [4.69, 9.17) is 5.11 Å². The van der Waals surface area contributed by atoms with Crippen LogP contribution in [0, 0.1) is 0 Å². The van der Waals surface area contributed by atoms with Crippen molar-refractivity contribution in [1.29, 1.82) is 0 Å². The standard InChI is InChI=1S/C10H17N3O3S/c1-4-5-7(8(14)15)17-10-12-11-9(16)13(10)6(2)3/h6-7H,4-5H2,1-3H3,(H,11,16)(H,14,15). The average Bonchev–Trinajstić information content (AvgIpc) is 2.59. The SMILES string of the molecule is CCCC(Sc1n[nH]c(=O)n1C(C)C)C(=O)O. The fourth-order valence-electron chi connectivity index (χ4n) is 1.45. The van der Waals surface area contributed by atoms with Gasteiger partial charge in [-0.2, -0.15) is 0 Å². The monoisotopic (exact) mass is 259 g/mol. The molecular weight excluding hydrogens is 242 g/mol. The van der Waals surface area contributed by atoms with Gasteiger partial charge in [0.05, 0.1) is 0 Å². The quantitative estimate of drug-likeness (QED) is 0.756. The van der Waals surface area contributed by atoms with Gasteiger partial charge in [0.15, 0.2) is 5.16 Å². The molecule has 0 fully saturated rings. The van der Waals surface area contributed by atoms with Crippen molar-refractivity contribution in [2.45, 2.75) is 50.1 Å². The molecule has 0 saturated carbocycles. The third kappa shape index (κ3) is 3.36. The molecule has 1 aromatic rings. The molecule has 0 aliphatic heterocycles. The van der Waals surface area contributed by atoms with E-state index in [0.717, 1.165) is 18.2 Å². The topological polar surface area (TPSA) is 88.0 Å². The zero-order chi connectivity index (χ0) is 13.0. The van der Waals surface area contributed by atoms with Gasteiger partial charge in [0.1, 0.15) is 5.25 Å². The van der Waals surface area contributed by atoms with E-state index in [9.17, 15) is 9.59 Å². The molecule has 0 spiro atoms. The maximum Gasteiger partial charge on any atom is 0.344 e.